The normalized spacial score (nSPS) is 11.3. The quantitative estimate of drug-likeness (QED) is 0.689. The Kier molecular flexibility index (Phi) is 6.13. The van der Waals surface area contributed by atoms with Crippen molar-refractivity contribution in [3.05, 3.63) is 36.3 Å². The Morgan fingerprint density at radius 2 is 1.77 bits per heavy atom. The average molecular weight is 303 g/mol. The summed E-state index contributed by atoms with van der Waals surface area (Å²) in [7, 11) is 2.09. The van der Waals surface area contributed by atoms with Gasteiger partial charge in [-0.15, -0.1) is 0 Å². The van der Waals surface area contributed by atoms with Crippen LogP contribution < -0.4 is 4.90 Å². The summed E-state index contributed by atoms with van der Waals surface area (Å²) in [5.41, 5.74) is 1.83. The third-order valence-electron chi connectivity index (χ3n) is 4.21. The van der Waals surface area contributed by atoms with E-state index in [1.165, 1.54) is 18.6 Å². The van der Waals surface area contributed by atoms with Gasteiger partial charge in [0.1, 0.15) is 5.82 Å². The van der Waals surface area contributed by atoms with Gasteiger partial charge < -0.3 is 9.80 Å². The number of halogens is 1. The summed E-state index contributed by atoms with van der Waals surface area (Å²) in [6.45, 7) is 8.80. The Hall–Kier alpha value is -1.68. The number of pyridine rings is 1. The van der Waals surface area contributed by atoms with Crippen molar-refractivity contribution in [2.24, 2.45) is 0 Å². The van der Waals surface area contributed by atoms with Gasteiger partial charge in [0.2, 0.25) is 0 Å². The highest BCUT2D eigenvalue weighted by Crippen LogP contribution is 2.25. The number of anilines is 1. The van der Waals surface area contributed by atoms with Crippen LogP contribution in [0.25, 0.3) is 10.9 Å². The first kappa shape index (κ1) is 16.7. The van der Waals surface area contributed by atoms with Crippen LogP contribution in [0.2, 0.25) is 0 Å². The molecule has 0 spiro atoms. The van der Waals surface area contributed by atoms with Crippen molar-refractivity contribution in [2.75, 3.05) is 38.1 Å². The molecular weight excluding hydrogens is 277 g/mol. The molecule has 4 heteroatoms. The molecule has 3 nitrogen and oxygen atoms in total. The number of rotatable bonds is 8. The summed E-state index contributed by atoms with van der Waals surface area (Å²) in [6, 6.07) is 6.82. The number of nitrogens with zero attached hydrogens (tertiary/aromatic N) is 3. The highest BCUT2D eigenvalue weighted by atomic mass is 19.1. The third kappa shape index (κ3) is 4.17. The van der Waals surface area contributed by atoms with Gasteiger partial charge in [-0.05, 0) is 50.7 Å². The molecule has 22 heavy (non-hydrogen) atoms. The molecule has 2 aromatic rings. The molecule has 120 valence electrons. The van der Waals surface area contributed by atoms with Gasteiger partial charge in [0.15, 0.2) is 0 Å². The number of hydrogen-bond donors (Lipinski definition) is 0. The molecule has 0 saturated heterocycles. The first-order chi connectivity index (χ1) is 10.7. The summed E-state index contributed by atoms with van der Waals surface area (Å²) in [5, 5.41) is 1.01. The minimum atomic E-state index is -0.237. The molecule has 0 saturated carbocycles. The molecule has 2 rings (SSSR count). The fourth-order valence-electron chi connectivity index (χ4n) is 2.78. The molecule has 0 aliphatic rings. The van der Waals surface area contributed by atoms with E-state index in [1.807, 2.05) is 12.1 Å². The molecule has 0 radical (unpaired) electrons. The fraction of sp³-hybridized carbons (Fsp3) is 0.500. The maximum Gasteiger partial charge on any atom is 0.125 e. The molecular formula is C18H26FN3. The number of aromatic nitrogens is 1. The van der Waals surface area contributed by atoms with Gasteiger partial charge in [0.25, 0.3) is 0 Å². The van der Waals surface area contributed by atoms with E-state index < -0.39 is 0 Å². The van der Waals surface area contributed by atoms with E-state index in [0.717, 1.165) is 43.7 Å². The number of unbranched alkanes of at least 4 members (excludes halogenated alkanes) is 1. The molecule has 0 amide bonds. The maximum atomic E-state index is 13.3. The first-order valence-electron chi connectivity index (χ1n) is 8.13. The number of hydrogen-bond acceptors (Lipinski definition) is 3. The van der Waals surface area contributed by atoms with Gasteiger partial charge in [-0.3, -0.25) is 4.98 Å². The van der Waals surface area contributed by atoms with Gasteiger partial charge in [0, 0.05) is 36.9 Å². The smallest absolute Gasteiger partial charge is 0.125 e. The van der Waals surface area contributed by atoms with Crippen molar-refractivity contribution in [3.63, 3.8) is 0 Å². The van der Waals surface area contributed by atoms with E-state index in [9.17, 15) is 4.39 Å². The lowest BCUT2D eigenvalue weighted by Crippen LogP contribution is -2.25. The van der Waals surface area contributed by atoms with Crippen molar-refractivity contribution in [1.82, 2.24) is 9.88 Å². The minimum absolute atomic E-state index is 0.237. The van der Waals surface area contributed by atoms with Gasteiger partial charge in [-0.1, -0.05) is 13.8 Å². The second-order valence-electron chi connectivity index (χ2n) is 5.65. The highest BCUT2D eigenvalue weighted by Gasteiger charge is 2.08. The van der Waals surface area contributed by atoms with Crippen LogP contribution in [0.1, 0.15) is 26.7 Å². The topological polar surface area (TPSA) is 19.4 Å². The SMILES string of the molecule is CCN(CC)CCCCN(C)c1ccnc2cc(F)ccc12. The van der Waals surface area contributed by atoms with Crippen LogP contribution in [0, 0.1) is 5.82 Å². The zero-order chi connectivity index (χ0) is 15.9. The molecule has 0 bridgehead atoms. The van der Waals surface area contributed by atoms with Crippen LogP contribution in [0.4, 0.5) is 10.1 Å². The predicted molar refractivity (Wildman–Crippen MR) is 92.0 cm³/mol. The van der Waals surface area contributed by atoms with E-state index in [4.69, 9.17) is 0 Å². The number of benzene rings is 1. The van der Waals surface area contributed by atoms with Gasteiger partial charge in [-0.25, -0.2) is 4.39 Å². The number of fused-ring (bicyclic) bond motifs is 1. The van der Waals surface area contributed by atoms with Crippen LogP contribution in [0.5, 0.6) is 0 Å². The van der Waals surface area contributed by atoms with Crippen LogP contribution in [0.15, 0.2) is 30.5 Å². The molecule has 0 N–H and O–H groups in total. The lowest BCUT2D eigenvalue weighted by atomic mass is 10.1. The van der Waals surface area contributed by atoms with Crippen molar-refractivity contribution >= 4 is 16.6 Å². The summed E-state index contributed by atoms with van der Waals surface area (Å²) < 4.78 is 13.3. The van der Waals surface area contributed by atoms with Gasteiger partial charge >= 0.3 is 0 Å². The van der Waals surface area contributed by atoms with Crippen molar-refractivity contribution in [1.29, 1.82) is 0 Å². The zero-order valence-corrected chi connectivity index (χ0v) is 13.8. The van der Waals surface area contributed by atoms with Gasteiger partial charge in [0.05, 0.1) is 5.52 Å². The van der Waals surface area contributed by atoms with Crippen molar-refractivity contribution in [3.8, 4) is 0 Å². The molecule has 0 aliphatic heterocycles. The molecule has 0 atom stereocenters. The summed E-state index contributed by atoms with van der Waals surface area (Å²) in [6.07, 6.45) is 4.10. The van der Waals surface area contributed by atoms with E-state index in [0.29, 0.717) is 5.52 Å². The maximum absolute atomic E-state index is 13.3. The second-order valence-corrected chi connectivity index (χ2v) is 5.65. The summed E-state index contributed by atoms with van der Waals surface area (Å²) >= 11 is 0. The Labute approximate surface area is 132 Å². The lowest BCUT2D eigenvalue weighted by Gasteiger charge is -2.22. The highest BCUT2D eigenvalue weighted by molar-refractivity contribution is 5.91. The lowest BCUT2D eigenvalue weighted by molar-refractivity contribution is 0.297. The summed E-state index contributed by atoms with van der Waals surface area (Å²) in [5.74, 6) is -0.237. The standard InChI is InChI=1S/C18H26FN3/c1-4-22(5-2)13-7-6-12-21(3)18-10-11-20-17-14-15(19)8-9-16(17)18/h8-11,14H,4-7,12-13H2,1-3H3. The minimum Gasteiger partial charge on any atom is -0.374 e. The zero-order valence-electron chi connectivity index (χ0n) is 13.8. The second kappa shape index (κ2) is 8.08. The monoisotopic (exact) mass is 303 g/mol. The Balaban J connectivity index is 1.97. The van der Waals surface area contributed by atoms with E-state index in [2.05, 4.69) is 35.7 Å². The average Bonchev–Trinajstić information content (AvgIpc) is 2.54. The van der Waals surface area contributed by atoms with Gasteiger partial charge in [-0.2, -0.15) is 0 Å². The van der Waals surface area contributed by atoms with Crippen molar-refractivity contribution in [2.45, 2.75) is 26.7 Å². The van der Waals surface area contributed by atoms with E-state index in [-0.39, 0.29) is 5.82 Å². The van der Waals surface area contributed by atoms with E-state index >= 15 is 0 Å². The van der Waals surface area contributed by atoms with Crippen LogP contribution in [-0.2, 0) is 0 Å². The van der Waals surface area contributed by atoms with Crippen LogP contribution in [-0.4, -0.2) is 43.1 Å². The molecule has 0 unspecified atom stereocenters. The summed E-state index contributed by atoms with van der Waals surface area (Å²) in [4.78, 5) is 8.94. The molecule has 1 aromatic carbocycles. The van der Waals surface area contributed by atoms with E-state index in [1.54, 1.807) is 6.20 Å². The molecule has 0 aliphatic carbocycles. The Morgan fingerprint density at radius 1 is 1.05 bits per heavy atom. The van der Waals surface area contributed by atoms with Crippen LogP contribution >= 0.6 is 0 Å². The van der Waals surface area contributed by atoms with Crippen LogP contribution in [0.3, 0.4) is 0 Å². The molecule has 0 fully saturated rings. The fourth-order valence-corrected chi connectivity index (χ4v) is 2.78. The molecule has 1 heterocycles. The molecule has 1 aromatic heterocycles. The predicted octanol–water partition coefficient (Wildman–Crippen LogP) is 3.93. The largest absolute Gasteiger partial charge is 0.374 e. The Morgan fingerprint density at radius 3 is 2.50 bits per heavy atom. The van der Waals surface area contributed by atoms with Crippen molar-refractivity contribution < 1.29 is 4.39 Å². The Bertz CT molecular complexity index is 596. The first-order valence-corrected chi connectivity index (χ1v) is 8.13. The third-order valence-corrected chi connectivity index (χ3v) is 4.21.